The second-order valence-electron chi connectivity index (χ2n) is 4.95. The molecule has 1 saturated carbocycles. The maximum absolute atomic E-state index is 12.0. The lowest BCUT2D eigenvalue weighted by Gasteiger charge is -2.16. The van der Waals surface area contributed by atoms with Crippen molar-refractivity contribution in [2.45, 2.75) is 38.8 Å². The van der Waals surface area contributed by atoms with Crippen LogP contribution in [0.3, 0.4) is 0 Å². The van der Waals surface area contributed by atoms with Gasteiger partial charge in [-0.05, 0) is 18.8 Å². The molecule has 0 heterocycles. The number of carboxylic acids is 1. The third-order valence-corrected chi connectivity index (χ3v) is 3.60. The molecule has 0 radical (unpaired) electrons. The molecule has 1 aliphatic rings. The van der Waals surface area contributed by atoms with Crippen molar-refractivity contribution in [3.8, 4) is 0 Å². The Labute approximate surface area is 109 Å². The van der Waals surface area contributed by atoms with E-state index in [0.29, 0.717) is 12.8 Å². The number of amides is 1. The number of aliphatic carboxylic acids is 1. The molecule has 1 amide bonds. The van der Waals surface area contributed by atoms with Gasteiger partial charge in [0, 0.05) is 6.54 Å². The highest BCUT2D eigenvalue weighted by atomic mass is 19.4. The van der Waals surface area contributed by atoms with Gasteiger partial charge in [0.2, 0.25) is 5.91 Å². The zero-order chi connectivity index (χ0) is 14.6. The molecule has 4 nitrogen and oxygen atoms in total. The van der Waals surface area contributed by atoms with Crippen LogP contribution in [0.2, 0.25) is 0 Å². The Bertz CT molecular complexity index is 344. The summed E-state index contributed by atoms with van der Waals surface area (Å²) in [6, 6.07) is 0. The molecular formula is C12H18F3NO3. The summed E-state index contributed by atoms with van der Waals surface area (Å²) in [5.74, 6) is -2.97. The molecule has 0 aromatic heterocycles. The molecule has 1 aliphatic carbocycles. The van der Waals surface area contributed by atoms with E-state index in [1.54, 1.807) is 0 Å². The Morgan fingerprint density at radius 3 is 2.32 bits per heavy atom. The first-order valence-corrected chi connectivity index (χ1v) is 6.31. The number of nitrogens with one attached hydrogen (secondary N) is 1. The first-order chi connectivity index (χ1) is 8.74. The minimum Gasteiger partial charge on any atom is -0.481 e. The molecule has 3 atom stereocenters. The molecule has 1 rings (SSSR count). The maximum Gasteiger partial charge on any atom is 0.390 e. The van der Waals surface area contributed by atoms with Crippen LogP contribution >= 0.6 is 0 Å². The van der Waals surface area contributed by atoms with Gasteiger partial charge in [-0.3, -0.25) is 9.59 Å². The summed E-state index contributed by atoms with van der Waals surface area (Å²) in [7, 11) is 0. The van der Waals surface area contributed by atoms with Crippen LogP contribution in [0.1, 0.15) is 32.6 Å². The number of alkyl halides is 3. The molecule has 0 aliphatic heterocycles. The molecule has 2 N–H and O–H groups in total. The van der Waals surface area contributed by atoms with E-state index in [-0.39, 0.29) is 5.92 Å². The van der Waals surface area contributed by atoms with Gasteiger partial charge in [0.1, 0.15) is 0 Å². The second-order valence-corrected chi connectivity index (χ2v) is 4.95. The Balaban J connectivity index is 2.52. The maximum atomic E-state index is 12.0. The highest BCUT2D eigenvalue weighted by molar-refractivity contribution is 5.85. The van der Waals surface area contributed by atoms with E-state index in [2.05, 4.69) is 5.32 Å². The Hall–Kier alpha value is -1.27. The molecule has 1 fully saturated rings. The van der Waals surface area contributed by atoms with Gasteiger partial charge in [-0.15, -0.1) is 0 Å². The number of carbonyl (C=O) groups is 2. The van der Waals surface area contributed by atoms with Crippen molar-refractivity contribution in [1.29, 1.82) is 0 Å². The average molecular weight is 281 g/mol. The summed E-state index contributed by atoms with van der Waals surface area (Å²) in [6.07, 6.45) is -3.79. The minimum atomic E-state index is -4.32. The lowest BCUT2D eigenvalue weighted by molar-refractivity contribution is -0.147. The van der Waals surface area contributed by atoms with Crippen LogP contribution in [0.15, 0.2) is 0 Å². The number of hydrogen-bond acceptors (Lipinski definition) is 2. The van der Waals surface area contributed by atoms with Gasteiger partial charge in [-0.2, -0.15) is 13.2 Å². The number of hydrogen-bond donors (Lipinski definition) is 2. The molecular weight excluding hydrogens is 263 g/mol. The third-order valence-electron chi connectivity index (χ3n) is 3.60. The van der Waals surface area contributed by atoms with Gasteiger partial charge in [0.15, 0.2) is 0 Å². The summed E-state index contributed by atoms with van der Waals surface area (Å²) in [4.78, 5) is 22.8. The van der Waals surface area contributed by atoms with Gasteiger partial charge >= 0.3 is 12.1 Å². The van der Waals surface area contributed by atoms with Crippen LogP contribution in [0.4, 0.5) is 13.2 Å². The van der Waals surface area contributed by atoms with E-state index >= 15 is 0 Å². The fourth-order valence-corrected chi connectivity index (χ4v) is 2.50. The predicted molar refractivity (Wildman–Crippen MR) is 61.3 cm³/mol. The summed E-state index contributed by atoms with van der Waals surface area (Å²) < 4.78 is 35.9. The van der Waals surface area contributed by atoms with Crippen molar-refractivity contribution in [2.75, 3.05) is 6.54 Å². The number of carboxylic acid groups (broad SMARTS) is 1. The molecule has 110 valence electrons. The predicted octanol–water partition coefficient (Wildman–Crippen LogP) is 2.19. The zero-order valence-electron chi connectivity index (χ0n) is 10.7. The first kappa shape index (κ1) is 15.8. The van der Waals surface area contributed by atoms with Gasteiger partial charge in [0.05, 0.1) is 18.3 Å². The normalized spacial score (nSPS) is 27.3. The van der Waals surface area contributed by atoms with E-state index < -0.39 is 42.9 Å². The van der Waals surface area contributed by atoms with Crippen molar-refractivity contribution in [3.05, 3.63) is 0 Å². The molecule has 7 heteroatoms. The van der Waals surface area contributed by atoms with Crippen molar-refractivity contribution >= 4 is 11.9 Å². The lowest BCUT2D eigenvalue weighted by Crippen LogP contribution is -2.36. The molecule has 19 heavy (non-hydrogen) atoms. The molecule has 0 aromatic rings. The lowest BCUT2D eigenvalue weighted by atomic mass is 9.95. The van der Waals surface area contributed by atoms with Crippen LogP contribution in [0.5, 0.6) is 0 Å². The van der Waals surface area contributed by atoms with Gasteiger partial charge in [0.25, 0.3) is 0 Å². The largest absolute Gasteiger partial charge is 0.481 e. The van der Waals surface area contributed by atoms with Crippen LogP contribution in [-0.2, 0) is 9.59 Å². The van der Waals surface area contributed by atoms with Crippen molar-refractivity contribution in [2.24, 2.45) is 17.8 Å². The van der Waals surface area contributed by atoms with E-state index in [0.717, 1.165) is 6.42 Å². The standard InChI is InChI=1S/C12H18F3NO3/c1-2-7-5-8(9(6-7)11(18)19)10(17)16-4-3-12(13,14)15/h7-9H,2-6H2,1H3,(H,16,17)(H,18,19). The van der Waals surface area contributed by atoms with Crippen LogP contribution in [-0.4, -0.2) is 29.7 Å². The second kappa shape index (κ2) is 6.25. The fraction of sp³-hybridized carbons (Fsp3) is 0.833. The molecule has 0 spiro atoms. The van der Waals surface area contributed by atoms with E-state index in [1.807, 2.05) is 6.92 Å². The number of carbonyl (C=O) groups excluding carboxylic acids is 1. The summed E-state index contributed by atoms with van der Waals surface area (Å²) in [5.41, 5.74) is 0. The number of halogens is 3. The van der Waals surface area contributed by atoms with Crippen LogP contribution in [0.25, 0.3) is 0 Å². The van der Waals surface area contributed by atoms with Gasteiger partial charge in [-0.1, -0.05) is 13.3 Å². The molecule has 0 aromatic carbocycles. The monoisotopic (exact) mass is 281 g/mol. The summed E-state index contributed by atoms with van der Waals surface area (Å²) in [5, 5.41) is 11.2. The van der Waals surface area contributed by atoms with E-state index in [9.17, 15) is 22.8 Å². The first-order valence-electron chi connectivity index (χ1n) is 6.31. The summed E-state index contributed by atoms with van der Waals surface area (Å²) >= 11 is 0. The highest BCUT2D eigenvalue weighted by Crippen LogP contribution is 2.38. The fourth-order valence-electron chi connectivity index (χ4n) is 2.50. The topological polar surface area (TPSA) is 66.4 Å². The minimum absolute atomic E-state index is 0.152. The smallest absolute Gasteiger partial charge is 0.390 e. The summed E-state index contributed by atoms with van der Waals surface area (Å²) in [6.45, 7) is 1.41. The van der Waals surface area contributed by atoms with Gasteiger partial charge in [-0.25, -0.2) is 0 Å². The third kappa shape index (κ3) is 4.72. The quantitative estimate of drug-likeness (QED) is 0.811. The van der Waals surface area contributed by atoms with Crippen molar-refractivity contribution in [1.82, 2.24) is 5.32 Å². The average Bonchev–Trinajstić information content (AvgIpc) is 2.71. The number of rotatable bonds is 5. The molecule has 0 bridgehead atoms. The van der Waals surface area contributed by atoms with Crippen LogP contribution < -0.4 is 5.32 Å². The Kier molecular flexibility index (Phi) is 5.20. The zero-order valence-corrected chi connectivity index (χ0v) is 10.7. The van der Waals surface area contributed by atoms with Crippen LogP contribution in [0, 0.1) is 17.8 Å². The van der Waals surface area contributed by atoms with E-state index in [1.165, 1.54) is 0 Å². The molecule has 3 unspecified atom stereocenters. The highest BCUT2D eigenvalue weighted by Gasteiger charge is 2.42. The SMILES string of the molecule is CCC1CC(C(=O)O)C(C(=O)NCCC(F)(F)F)C1. The molecule has 0 saturated heterocycles. The van der Waals surface area contributed by atoms with Crippen molar-refractivity contribution < 1.29 is 27.9 Å². The van der Waals surface area contributed by atoms with Gasteiger partial charge < -0.3 is 10.4 Å². The van der Waals surface area contributed by atoms with Crippen molar-refractivity contribution in [3.63, 3.8) is 0 Å². The van der Waals surface area contributed by atoms with E-state index in [4.69, 9.17) is 5.11 Å². The Morgan fingerprint density at radius 1 is 1.26 bits per heavy atom. The Morgan fingerprint density at radius 2 is 1.84 bits per heavy atom.